The summed E-state index contributed by atoms with van der Waals surface area (Å²) >= 11 is 0. The number of carbonyl (C=O) groups is 3. The van der Waals surface area contributed by atoms with E-state index in [4.69, 9.17) is 9.47 Å². The number of likely N-dealkylation sites (N-methyl/N-ethyl adjacent to an activating group) is 1. The number of aryl methyl sites for hydroxylation is 1. The normalized spacial score (nSPS) is 21.8. The summed E-state index contributed by atoms with van der Waals surface area (Å²) in [5.74, 6) is -0.560. The van der Waals surface area contributed by atoms with Gasteiger partial charge in [-0.3, -0.25) is 14.4 Å². The molecular weight excluding hydrogens is 398 g/mol. The predicted octanol–water partition coefficient (Wildman–Crippen LogP) is 1.24. The van der Waals surface area contributed by atoms with Crippen LogP contribution in [0.15, 0.2) is 24.3 Å². The molecule has 2 aliphatic heterocycles. The molecule has 0 aliphatic carbocycles. The largest absolute Gasteiger partial charge is 0.383 e. The SMILES string of the molecule is COCCN1C(=O)CC[C@@H](C(=O)N(C)CC(=O)N2CCOCC2)[C@H]1c1ccc(C)cc1. The zero-order valence-corrected chi connectivity index (χ0v) is 18.7. The Balaban J connectivity index is 1.79. The molecule has 0 saturated carbocycles. The van der Waals surface area contributed by atoms with Crippen LogP contribution in [-0.4, -0.2) is 92.6 Å². The number of likely N-dealkylation sites (tertiary alicyclic amines) is 1. The van der Waals surface area contributed by atoms with E-state index in [-0.39, 0.29) is 30.3 Å². The highest BCUT2D eigenvalue weighted by molar-refractivity contribution is 5.88. The summed E-state index contributed by atoms with van der Waals surface area (Å²) in [6, 6.07) is 7.59. The number of methoxy groups -OCH3 is 1. The Morgan fingerprint density at radius 1 is 1.19 bits per heavy atom. The molecule has 0 spiro atoms. The van der Waals surface area contributed by atoms with Gasteiger partial charge in [-0.1, -0.05) is 29.8 Å². The molecule has 0 radical (unpaired) electrons. The lowest BCUT2D eigenvalue weighted by atomic mass is 9.83. The van der Waals surface area contributed by atoms with Gasteiger partial charge < -0.3 is 24.2 Å². The van der Waals surface area contributed by atoms with Crippen molar-refractivity contribution in [2.75, 3.05) is 60.2 Å². The van der Waals surface area contributed by atoms with Crippen LogP contribution in [0, 0.1) is 12.8 Å². The highest BCUT2D eigenvalue weighted by Gasteiger charge is 2.41. The minimum absolute atomic E-state index is 0.0266. The lowest BCUT2D eigenvalue weighted by molar-refractivity contribution is -0.151. The second kappa shape index (κ2) is 10.7. The fourth-order valence-electron chi connectivity index (χ4n) is 4.32. The lowest BCUT2D eigenvalue weighted by Gasteiger charge is -2.42. The van der Waals surface area contributed by atoms with Crippen LogP contribution in [0.25, 0.3) is 0 Å². The van der Waals surface area contributed by atoms with Crippen molar-refractivity contribution in [3.8, 4) is 0 Å². The Hall–Kier alpha value is -2.45. The number of nitrogens with zero attached hydrogens (tertiary/aromatic N) is 3. The van der Waals surface area contributed by atoms with Gasteiger partial charge in [0.25, 0.3) is 0 Å². The van der Waals surface area contributed by atoms with Crippen LogP contribution in [0.5, 0.6) is 0 Å². The topological polar surface area (TPSA) is 79.4 Å². The molecule has 2 saturated heterocycles. The first-order valence-corrected chi connectivity index (χ1v) is 10.9. The Bertz CT molecular complexity index is 776. The number of hydrogen-bond acceptors (Lipinski definition) is 5. The monoisotopic (exact) mass is 431 g/mol. The van der Waals surface area contributed by atoms with Gasteiger partial charge in [-0.05, 0) is 18.9 Å². The first kappa shape index (κ1) is 23.2. The van der Waals surface area contributed by atoms with Crippen molar-refractivity contribution in [1.82, 2.24) is 14.7 Å². The molecule has 0 aromatic heterocycles. The van der Waals surface area contributed by atoms with Crippen LogP contribution >= 0.6 is 0 Å². The van der Waals surface area contributed by atoms with Gasteiger partial charge in [0, 0.05) is 40.2 Å². The predicted molar refractivity (Wildman–Crippen MR) is 115 cm³/mol. The average Bonchev–Trinajstić information content (AvgIpc) is 2.78. The summed E-state index contributed by atoms with van der Waals surface area (Å²) in [7, 11) is 3.27. The number of amides is 3. The van der Waals surface area contributed by atoms with E-state index in [2.05, 4.69) is 0 Å². The van der Waals surface area contributed by atoms with Gasteiger partial charge in [0.2, 0.25) is 17.7 Å². The van der Waals surface area contributed by atoms with Crippen molar-refractivity contribution >= 4 is 17.7 Å². The Morgan fingerprint density at radius 2 is 1.87 bits per heavy atom. The molecule has 0 bridgehead atoms. The van der Waals surface area contributed by atoms with Gasteiger partial charge in [-0.2, -0.15) is 0 Å². The maximum absolute atomic E-state index is 13.5. The molecular formula is C23H33N3O5. The summed E-state index contributed by atoms with van der Waals surface area (Å²) < 4.78 is 10.5. The molecule has 8 heteroatoms. The van der Waals surface area contributed by atoms with E-state index < -0.39 is 5.92 Å². The summed E-state index contributed by atoms with van der Waals surface area (Å²) in [6.45, 7) is 5.02. The summed E-state index contributed by atoms with van der Waals surface area (Å²) in [4.78, 5) is 43.8. The number of hydrogen-bond donors (Lipinski definition) is 0. The number of benzene rings is 1. The van der Waals surface area contributed by atoms with E-state index >= 15 is 0 Å². The number of rotatable bonds is 7. The van der Waals surface area contributed by atoms with E-state index in [1.165, 1.54) is 4.90 Å². The third-order valence-corrected chi connectivity index (χ3v) is 6.09. The minimum Gasteiger partial charge on any atom is -0.383 e. The molecule has 3 rings (SSSR count). The second-order valence-corrected chi connectivity index (χ2v) is 8.27. The van der Waals surface area contributed by atoms with E-state index in [9.17, 15) is 14.4 Å². The molecule has 3 amide bonds. The number of ether oxygens (including phenoxy) is 2. The Morgan fingerprint density at radius 3 is 2.52 bits per heavy atom. The van der Waals surface area contributed by atoms with Crippen LogP contribution in [0.3, 0.4) is 0 Å². The first-order chi connectivity index (χ1) is 14.9. The standard InChI is InChI=1S/C23H33N3O5/c1-17-4-6-18(7-5-17)22-19(8-9-20(27)26(22)12-13-30-3)23(29)24(2)16-21(28)25-10-14-31-15-11-25/h4-7,19,22H,8-16H2,1-3H3/t19-,22-/m1/s1. The van der Waals surface area contributed by atoms with E-state index in [1.807, 2.05) is 31.2 Å². The fraction of sp³-hybridized carbons (Fsp3) is 0.609. The molecule has 0 N–H and O–H groups in total. The molecule has 2 heterocycles. The third kappa shape index (κ3) is 5.62. The molecule has 2 aliphatic rings. The quantitative estimate of drug-likeness (QED) is 0.649. The molecule has 2 fully saturated rings. The molecule has 2 atom stereocenters. The summed E-state index contributed by atoms with van der Waals surface area (Å²) in [5, 5.41) is 0. The maximum atomic E-state index is 13.5. The van der Waals surface area contributed by atoms with Crippen molar-refractivity contribution in [2.45, 2.75) is 25.8 Å². The molecule has 1 aromatic carbocycles. The van der Waals surface area contributed by atoms with Crippen molar-refractivity contribution in [3.05, 3.63) is 35.4 Å². The molecule has 31 heavy (non-hydrogen) atoms. The number of carbonyl (C=O) groups excluding carboxylic acids is 3. The van der Waals surface area contributed by atoms with Crippen molar-refractivity contribution in [2.24, 2.45) is 5.92 Å². The van der Waals surface area contributed by atoms with Gasteiger partial charge in [-0.25, -0.2) is 0 Å². The lowest BCUT2D eigenvalue weighted by Crippen LogP contribution is -2.51. The van der Waals surface area contributed by atoms with Crippen LogP contribution in [0.4, 0.5) is 0 Å². The van der Waals surface area contributed by atoms with Gasteiger partial charge in [0.15, 0.2) is 0 Å². The van der Waals surface area contributed by atoms with Crippen LogP contribution < -0.4 is 0 Å². The van der Waals surface area contributed by atoms with Gasteiger partial charge >= 0.3 is 0 Å². The molecule has 1 aromatic rings. The average molecular weight is 432 g/mol. The zero-order valence-electron chi connectivity index (χ0n) is 18.7. The number of piperidine rings is 1. The highest BCUT2D eigenvalue weighted by Crippen LogP contribution is 2.37. The third-order valence-electron chi connectivity index (χ3n) is 6.09. The van der Waals surface area contributed by atoms with Gasteiger partial charge in [0.1, 0.15) is 0 Å². The van der Waals surface area contributed by atoms with Gasteiger partial charge in [0.05, 0.1) is 38.3 Å². The smallest absolute Gasteiger partial charge is 0.242 e. The maximum Gasteiger partial charge on any atom is 0.242 e. The van der Waals surface area contributed by atoms with Crippen molar-refractivity contribution in [1.29, 1.82) is 0 Å². The van der Waals surface area contributed by atoms with Crippen LogP contribution in [0.2, 0.25) is 0 Å². The Labute approximate surface area is 184 Å². The van der Waals surface area contributed by atoms with Crippen LogP contribution in [0.1, 0.15) is 30.0 Å². The summed E-state index contributed by atoms with van der Waals surface area (Å²) in [5.41, 5.74) is 2.05. The number of morpholine rings is 1. The van der Waals surface area contributed by atoms with E-state index in [1.54, 1.807) is 24.0 Å². The van der Waals surface area contributed by atoms with Crippen molar-refractivity contribution in [3.63, 3.8) is 0 Å². The molecule has 170 valence electrons. The Kier molecular flexibility index (Phi) is 8.03. The second-order valence-electron chi connectivity index (χ2n) is 8.27. The highest BCUT2D eigenvalue weighted by atomic mass is 16.5. The van der Waals surface area contributed by atoms with Gasteiger partial charge in [-0.15, -0.1) is 0 Å². The first-order valence-electron chi connectivity index (χ1n) is 10.9. The van der Waals surface area contributed by atoms with Crippen LogP contribution in [-0.2, 0) is 23.9 Å². The summed E-state index contributed by atoms with van der Waals surface area (Å²) in [6.07, 6.45) is 0.781. The van der Waals surface area contributed by atoms with E-state index in [0.29, 0.717) is 52.3 Å². The van der Waals surface area contributed by atoms with E-state index in [0.717, 1.165) is 11.1 Å². The van der Waals surface area contributed by atoms with Crippen molar-refractivity contribution < 1.29 is 23.9 Å². The molecule has 0 unspecified atom stereocenters. The fourth-order valence-corrected chi connectivity index (χ4v) is 4.32. The zero-order chi connectivity index (χ0) is 22.4. The minimum atomic E-state index is -0.403. The molecule has 8 nitrogen and oxygen atoms in total.